The lowest BCUT2D eigenvalue weighted by Gasteiger charge is -2.22. The van der Waals surface area contributed by atoms with Crippen molar-refractivity contribution in [2.75, 3.05) is 0 Å². The Labute approximate surface area is 180 Å². The van der Waals surface area contributed by atoms with E-state index in [0.29, 0.717) is 5.56 Å². The second-order valence-electron chi connectivity index (χ2n) is 7.17. The van der Waals surface area contributed by atoms with Crippen LogP contribution in [-0.4, -0.2) is 35.0 Å². The van der Waals surface area contributed by atoms with Gasteiger partial charge in [-0.1, -0.05) is 78.9 Å². The van der Waals surface area contributed by atoms with Gasteiger partial charge < -0.3 is 15.7 Å². The molecular formula is C25H24N2O4. The van der Waals surface area contributed by atoms with E-state index >= 15 is 0 Å². The Morgan fingerprint density at radius 1 is 0.645 bits per heavy atom. The van der Waals surface area contributed by atoms with Crippen molar-refractivity contribution in [3.8, 4) is 0 Å². The molecule has 0 aliphatic rings. The van der Waals surface area contributed by atoms with Crippen molar-refractivity contribution in [3.63, 3.8) is 0 Å². The minimum atomic E-state index is -1.13. The number of amides is 2. The third-order valence-electron chi connectivity index (χ3n) is 4.84. The summed E-state index contributed by atoms with van der Waals surface area (Å²) in [6.45, 7) is 0. The lowest BCUT2D eigenvalue weighted by molar-refractivity contribution is -0.142. The molecule has 6 heteroatoms. The van der Waals surface area contributed by atoms with E-state index in [9.17, 15) is 19.5 Å². The molecule has 0 unspecified atom stereocenters. The monoisotopic (exact) mass is 416 g/mol. The quantitative estimate of drug-likeness (QED) is 0.500. The third kappa shape index (κ3) is 6.54. The highest BCUT2D eigenvalue weighted by Crippen LogP contribution is 2.08. The van der Waals surface area contributed by atoms with Crippen LogP contribution in [0.25, 0.3) is 0 Å². The van der Waals surface area contributed by atoms with Crippen LogP contribution in [0, 0.1) is 0 Å². The predicted octanol–water partition coefficient (Wildman–Crippen LogP) is 2.84. The summed E-state index contributed by atoms with van der Waals surface area (Å²) in [5.41, 5.74) is 2.07. The molecule has 0 saturated carbocycles. The Hall–Kier alpha value is -3.93. The van der Waals surface area contributed by atoms with E-state index in [0.717, 1.165) is 11.1 Å². The van der Waals surface area contributed by atoms with E-state index in [2.05, 4.69) is 10.6 Å². The molecule has 3 rings (SSSR count). The van der Waals surface area contributed by atoms with E-state index in [1.807, 2.05) is 48.5 Å². The highest BCUT2D eigenvalue weighted by molar-refractivity contribution is 5.98. The minimum Gasteiger partial charge on any atom is -0.480 e. The van der Waals surface area contributed by atoms with Crippen LogP contribution in [0.1, 0.15) is 21.5 Å². The van der Waals surface area contributed by atoms with Gasteiger partial charge in [-0.3, -0.25) is 9.59 Å². The van der Waals surface area contributed by atoms with Crippen LogP contribution >= 0.6 is 0 Å². The lowest BCUT2D eigenvalue weighted by Crippen LogP contribution is -2.53. The number of carboxylic acid groups (broad SMARTS) is 1. The summed E-state index contributed by atoms with van der Waals surface area (Å²) < 4.78 is 0. The van der Waals surface area contributed by atoms with Crippen LogP contribution in [0.5, 0.6) is 0 Å². The second-order valence-corrected chi connectivity index (χ2v) is 7.17. The molecule has 0 fully saturated rings. The van der Waals surface area contributed by atoms with Gasteiger partial charge in [-0.2, -0.15) is 0 Å². The molecule has 0 aliphatic carbocycles. The topological polar surface area (TPSA) is 95.5 Å². The first kappa shape index (κ1) is 21.8. The zero-order valence-electron chi connectivity index (χ0n) is 16.9. The van der Waals surface area contributed by atoms with Crippen molar-refractivity contribution in [2.24, 2.45) is 0 Å². The number of carbonyl (C=O) groups excluding carboxylic acids is 2. The molecule has 0 aliphatic heterocycles. The molecule has 3 aromatic rings. The SMILES string of the molecule is O=C(N[C@H](Cc1ccccc1)C(=O)N[C@H](Cc1ccccc1)C(=O)O)c1ccccc1. The number of hydrogen-bond acceptors (Lipinski definition) is 3. The number of nitrogens with one attached hydrogen (secondary N) is 2. The van der Waals surface area contributed by atoms with Crippen LogP contribution in [0.3, 0.4) is 0 Å². The standard InChI is InChI=1S/C25H24N2O4/c28-23(20-14-8-3-9-15-20)26-21(16-18-10-4-1-5-11-18)24(29)27-22(25(30)31)17-19-12-6-2-7-13-19/h1-15,21-22H,16-17H2,(H,26,28)(H,27,29)(H,30,31)/t21-,22-/m1/s1. The predicted molar refractivity (Wildman–Crippen MR) is 118 cm³/mol. The maximum Gasteiger partial charge on any atom is 0.326 e. The summed E-state index contributed by atoms with van der Waals surface area (Å²) in [5, 5.41) is 14.9. The lowest BCUT2D eigenvalue weighted by atomic mass is 10.0. The van der Waals surface area contributed by atoms with Crippen LogP contribution in [-0.2, 0) is 22.4 Å². The van der Waals surface area contributed by atoms with Crippen molar-refractivity contribution >= 4 is 17.8 Å². The summed E-state index contributed by atoms with van der Waals surface area (Å²) in [6, 6.07) is 24.9. The van der Waals surface area contributed by atoms with Crippen molar-refractivity contribution in [1.29, 1.82) is 0 Å². The summed E-state index contributed by atoms with van der Waals surface area (Å²) in [5.74, 6) is -2.08. The van der Waals surface area contributed by atoms with Gasteiger partial charge in [0.1, 0.15) is 12.1 Å². The van der Waals surface area contributed by atoms with Gasteiger partial charge in [0.05, 0.1) is 0 Å². The first-order chi connectivity index (χ1) is 15.0. The molecule has 31 heavy (non-hydrogen) atoms. The van der Waals surface area contributed by atoms with E-state index in [1.165, 1.54) is 0 Å². The fourth-order valence-electron chi connectivity index (χ4n) is 3.21. The number of carboxylic acids is 1. The molecule has 0 spiro atoms. The first-order valence-electron chi connectivity index (χ1n) is 10.00. The number of hydrogen-bond donors (Lipinski definition) is 3. The highest BCUT2D eigenvalue weighted by Gasteiger charge is 2.27. The number of benzene rings is 3. The molecule has 6 nitrogen and oxygen atoms in total. The van der Waals surface area contributed by atoms with E-state index in [4.69, 9.17) is 0 Å². The number of aliphatic carboxylic acids is 1. The molecular weight excluding hydrogens is 392 g/mol. The zero-order valence-corrected chi connectivity index (χ0v) is 16.9. The van der Waals surface area contributed by atoms with Crippen molar-refractivity contribution in [2.45, 2.75) is 24.9 Å². The Morgan fingerprint density at radius 3 is 1.58 bits per heavy atom. The largest absolute Gasteiger partial charge is 0.480 e. The molecule has 0 aromatic heterocycles. The molecule has 0 bridgehead atoms. The van der Waals surface area contributed by atoms with Crippen LogP contribution in [0.4, 0.5) is 0 Å². The van der Waals surface area contributed by atoms with Crippen molar-refractivity contribution in [1.82, 2.24) is 10.6 Å². The van der Waals surface area contributed by atoms with Gasteiger partial charge in [-0.05, 0) is 23.3 Å². The van der Waals surface area contributed by atoms with Gasteiger partial charge in [0.15, 0.2) is 0 Å². The summed E-state index contributed by atoms with van der Waals surface area (Å²) >= 11 is 0. The first-order valence-corrected chi connectivity index (χ1v) is 10.00. The molecule has 2 atom stereocenters. The fraction of sp³-hybridized carbons (Fsp3) is 0.160. The van der Waals surface area contributed by atoms with Crippen molar-refractivity contribution < 1.29 is 19.5 Å². The average Bonchev–Trinajstić information content (AvgIpc) is 2.80. The van der Waals surface area contributed by atoms with E-state index in [1.54, 1.807) is 42.5 Å². The Bertz CT molecular complexity index is 1010. The van der Waals surface area contributed by atoms with Gasteiger partial charge >= 0.3 is 5.97 Å². The van der Waals surface area contributed by atoms with Crippen molar-refractivity contribution in [3.05, 3.63) is 108 Å². The Balaban J connectivity index is 1.76. The molecule has 0 saturated heterocycles. The smallest absolute Gasteiger partial charge is 0.326 e. The van der Waals surface area contributed by atoms with Gasteiger partial charge in [-0.15, -0.1) is 0 Å². The van der Waals surface area contributed by atoms with Gasteiger partial charge in [-0.25, -0.2) is 4.79 Å². The molecule has 3 N–H and O–H groups in total. The number of rotatable bonds is 9. The Kier molecular flexibility index (Phi) is 7.54. The summed E-state index contributed by atoms with van der Waals surface area (Å²) in [7, 11) is 0. The maximum absolute atomic E-state index is 13.0. The summed E-state index contributed by atoms with van der Waals surface area (Å²) in [6.07, 6.45) is 0.384. The van der Waals surface area contributed by atoms with Gasteiger partial charge in [0, 0.05) is 18.4 Å². The van der Waals surface area contributed by atoms with Crippen LogP contribution in [0.2, 0.25) is 0 Å². The zero-order chi connectivity index (χ0) is 22.1. The summed E-state index contributed by atoms with van der Waals surface area (Å²) in [4.78, 5) is 37.4. The van der Waals surface area contributed by atoms with Gasteiger partial charge in [0.25, 0.3) is 5.91 Å². The highest BCUT2D eigenvalue weighted by atomic mass is 16.4. The van der Waals surface area contributed by atoms with E-state index in [-0.39, 0.29) is 12.8 Å². The average molecular weight is 416 g/mol. The normalized spacial score (nSPS) is 12.4. The van der Waals surface area contributed by atoms with Gasteiger partial charge in [0.2, 0.25) is 5.91 Å². The maximum atomic E-state index is 13.0. The minimum absolute atomic E-state index is 0.145. The molecule has 0 radical (unpaired) electrons. The molecule has 0 heterocycles. The third-order valence-corrected chi connectivity index (χ3v) is 4.84. The van der Waals surface area contributed by atoms with E-state index < -0.39 is 29.9 Å². The fourth-order valence-corrected chi connectivity index (χ4v) is 3.21. The molecule has 3 aromatic carbocycles. The molecule has 2 amide bonds. The second kappa shape index (κ2) is 10.7. The van der Waals surface area contributed by atoms with Crippen LogP contribution < -0.4 is 10.6 Å². The molecule has 158 valence electrons. The number of carbonyl (C=O) groups is 3. The Morgan fingerprint density at radius 2 is 1.10 bits per heavy atom. The van der Waals surface area contributed by atoms with Crippen LogP contribution in [0.15, 0.2) is 91.0 Å².